The normalized spacial score (nSPS) is 12.0. The Kier molecular flexibility index (Phi) is 3.30. The van der Waals surface area contributed by atoms with Crippen molar-refractivity contribution in [1.29, 1.82) is 0 Å². The molecule has 0 radical (unpaired) electrons. The van der Waals surface area contributed by atoms with Gasteiger partial charge in [0.2, 0.25) is 0 Å². The summed E-state index contributed by atoms with van der Waals surface area (Å²) in [5, 5.41) is 3.20. The van der Waals surface area contributed by atoms with E-state index in [1.165, 1.54) is 10.6 Å². The van der Waals surface area contributed by atoms with Crippen molar-refractivity contribution in [2.45, 2.75) is 26.7 Å². The maximum atomic E-state index is 4.26. The zero-order valence-electron chi connectivity index (χ0n) is 7.00. The van der Waals surface area contributed by atoms with E-state index in [9.17, 15) is 0 Å². The third-order valence-corrected chi connectivity index (χ3v) is 2.39. The molecular weight excluding hydrogens is 154 g/mol. The molecule has 0 N–H and O–H groups in total. The Bertz CT molecular complexity index is 224. The Morgan fingerprint density at radius 2 is 2.45 bits per heavy atom. The molecule has 0 aromatic carbocycles. The highest BCUT2D eigenvalue weighted by atomic mass is 32.1. The van der Waals surface area contributed by atoms with Gasteiger partial charge in [-0.25, -0.2) is 4.98 Å². The zero-order valence-corrected chi connectivity index (χ0v) is 7.82. The second kappa shape index (κ2) is 4.29. The van der Waals surface area contributed by atoms with E-state index in [-0.39, 0.29) is 0 Å². The average Bonchev–Trinajstić information content (AvgIpc) is 2.52. The predicted octanol–water partition coefficient (Wildman–Crippen LogP) is 3.35. The Hall–Kier alpha value is -0.630. The Labute approximate surface area is 71.8 Å². The van der Waals surface area contributed by atoms with Crippen LogP contribution in [0.2, 0.25) is 0 Å². The van der Waals surface area contributed by atoms with Gasteiger partial charge in [0.1, 0.15) is 5.01 Å². The third-order valence-electron chi connectivity index (χ3n) is 1.54. The molecule has 0 fully saturated rings. The lowest BCUT2D eigenvalue weighted by Crippen LogP contribution is -1.79. The molecule has 1 aromatic rings. The van der Waals surface area contributed by atoms with Crippen LogP contribution in [0.1, 0.15) is 31.7 Å². The van der Waals surface area contributed by atoms with E-state index in [1.54, 1.807) is 11.3 Å². The Balaban J connectivity index is 2.79. The number of thiazole rings is 1. The molecule has 0 spiro atoms. The molecule has 0 bridgehead atoms. The first-order valence-electron chi connectivity index (χ1n) is 3.97. The second-order valence-electron chi connectivity index (χ2n) is 2.33. The first kappa shape index (κ1) is 8.47. The minimum atomic E-state index is 1.08. The van der Waals surface area contributed by atoms with Crippen molar-refractivity contribution in [2.24, 2.45) is 0 Å². The van der Waals surface area contributed by atoms with Gasteiger partial charge >= 0.3 is 0 Å². The number of hydrogen-bond acceptors (Lipinski definition) is 2. The SMILES string of the molecule is CC/C=C(/CC)c1nccs1. The number of rotatable bonds is 3. The van der Waals surface area contributed by atoms with Crippen LogP contribution in [0.25, 0.3) is 5.57 Å². The number of hydrogen-bond donors (Lipinski definition) is 0. The van der Waals surface area contributed by atoms with Gasteiger partial charge in [-0.1, -0.05) is 19.9 Å². The summed E-state index contributed by atoms with van der Waals surface area (Å²) >= 11 is 1.72. The summed E-state index contributed by atoms with van der Waals surface area (Å²) in [5.41, 5.74) is 1.38. The van der Waals surface area contributed by atoms with Crippen molar-refractivity contribution in [3.05, 3.63) is 22.7 Å². The van der Waals surface area contributed by atoms with Gasteiger partial charge in [-0.2, -0.15) is 0 Å². The fourth-order valence-corrected chi connectivity index (χ4v) is 1.76. The summed E-state index contributed by atoms with van der Waals surface area (Å²) < 4.78 is 0. The van der Waals surface area contributed by atoms with Crippen molar-refractivity contribution in [3.8, 4) is 0 Å². The molecule has 1 heterocycles. The predicted molar refractivity (Wildman–Crippen MR) is 50.7 cm³/mol. The van der Waals surface area contributed by atoms with Crippen LogP contribution in [0.3, 0.4) is 0 Å². The van der Waals surface area contributed by atoms with Crippen LogP contribution in [0, 0.1) is 0 Å². The summed E-state index contributed by atoms with van der Waals surface area (Å²) in [4.78, 5) is 4.26. The van der Waals surface area contributed by atoms with Crippen molar-refractivity contribution in [2.75, 3.05) is 0 Å². The van der Waals surface area contributed by atoms with Crippen LogP contribution in [0.5, 0.6) is 0 Å². The molecule has 0 aliphatic carbocycles. The Morgan fingerprint density at radius 1 is 1.64 bits per heavy atom. The van der Waals surface area contributed by atoms with Gasteiger partial charge in [0.15, 0.2) is 0 Å². The van der Waals surface area contributed by atoms with Crippen LogP contribution in [-0.2, 0) is 0 Å². The lowest BCUT2D eigenvalue weighted by atomic mass is 10.2. The van der Waals surface area contributed by atoms with Gasteiger partial charge < -0.3 is 0 Å². The van der Waals surface area contributed by atoms with Crippen molar-refractivity contribution in [1.82, 2.24) is 4.98 Å². The highest BCUT2D eigenvalue weighted by molar-refractivity contribution is 7.10. The van der Waals surface area contributed by atoms with Gasteiger partial charge in [0.05, 0.1) is 0 Å². The smallest absolute Gasteiger partial charge is 0.118 e. The topological polar surface area (TPSA) is 12.9 Å². The highest BCUT2D eigenvalue weighted by Crippen LogP contribution is 2.20. The monoisotopic (exact) mass is 167 g/mol. The van der Waals surface area contributed by atoms with Gasteiger partial charge in [0.25, 0.3) is 0 Å². The largest absolute Gasteiger partial charge is 0.245 e. The third kappa shape index (κ3) is 2.15. The number of allylic oxidation sites excluding steroid dienone is 2. The molecule has 0 unspecified atom stereocenters. The molecular formula is C9H13NS. The van der Waals surface area contributed by atoms with Gasteiger partial charge in [-0.15, -0.1) is 11.3 Å². The minimum absolute atomic E-state index is 1.08. The molecule has 0 aliphatic heterocycles. The molecule has 1 rings (SSSR count). The first-order valence-corrected chi connectivity index (χ1v) is 4.85. The lowest BCUT2D eigenvalue weighted by molar-refractivity contribution is 1.16. The van der Waals surface area contributed by atoms with Crippen LogP contribution >= 0.6 is 11.3 Å². The van der Waals surface area contributed by atoms with E-state index in [0.717, 1.165) is 12.8 Å². The zero-order chi connectivity index (χ0) is 8.10. The van der Waals surface area contributed by atoms with Crippen LogP contribution in [-0.4, -0.2) is 4.98 Å². The summed E-state index contributed by atoms with van der Waals surface area (Å²) in [7, 11) is 0. The molecule has 0 atom stereocenters. The molecule has 1 nitrogen and oxygen atoms in total. The van der Waals surface area contributed by atoms with Crippen LogP contribution in [0.15, 0.2) is 17.7 Å². The van der Waals surface area contributed by atoms with Crippen LogP contribution < -0.4 is 0 Å². The summed E-state index contributed by atoms with van der Waals surface area (Å²) in [6.45, 7) is 4.33. The molecule has 0 saturated heterocycles. The van der Waals surface area contributed by atoms with Gasteiger partial charge in [-0.3, -0.25) is 0 Å². The molecule has 11 heavy (non-hydrogen) atoms. The van der Waals surface area contributed by atoms with Gasteiger partial charge in [-0.05, 0) is 18.4 Å². The van der Waals surface area contributed by atoms with Crippen LogP contribution in [0.4, 0.5) is 0 Å². The standard InChI is InChI=1S/C9H13NS/c1-3-5-8(4-2)9-10-6-7-11-9/h5-7H,3-4H2,1-2H3/b8-5-. The molecule has 0 amide bonds. The average molecular weight is 167 g/mol. The van der Waals surface area contributed by atoms with E-state index in [1.807, 2.05) is 11.6 Å². The van der Waals surface area contributed by atoms with E-state index in [2.05, 4.69) is 24.9 Å². The minimum Gasteiger partial charge on any atom is -0.245 e. The molecule has 1 aromatic heterocycles. The first-order chi connectivity index (χ1) is 5.38. The second-order valence-corrected chi connectivity index (χ2v) is 3.22. The lowest BCUT2D eigenvalue weighted by Gasteiger charge is -1.97. The van der Waals surface area contributed by atoms with Crippen molar-refractivity contribution >= 4 is 16.9 Å². The van der Waals surface area contributed by atoms with E-state index in [0.29, 0.717) is 0 Å². The van der Waals surface area contributed by atoms with E-state index >= 15 is 0 Å². The van der Waals surface area contributed by atoms with Crippen molar-refractivity contribution < 1.29 is 0 Å². The maximum Gasteiger partial charge on any atom is 0.118 e. The summed E-state index contributed by atoms with van der Waals surface area (Å²) in [6, 6.07) is 0. The fourth-order valence-electron chi connectivity index (χ4n) is 1.01. The quantitative estimate of drug-likeness (QED) is 0.672. The summed E-state index contributed by atoms with van der Waals surface area (Å²) in [6.07, 6.45) is 6.29. The maximum absolute atomic E-state index is 4.26. The highest BCUT2D eigenvalue weighted by Gasteiger charge is 1.99. The fraction of sp³-hybridized carbons (Fsp3) is 0.444. The molecule has 0 aliphatic rings. The molecule has 0 saturated carbocycles. The summed E-state index contributed by atoms with van der Waals surface area (Å²) in [5.74, 6) is 0. The molecule has 60 valence electrons. The van der Waals surface area contributed by atoms with Gasteiger partial charge in [0, 0.05) is 11.6 Å². The Morgan fingerprint density at radius 3 is 2.91 bits per heavy atom. The molecule has 2 heteroatoms. The van der Waals surface area contributed by atoms with E-state index < -0.39 is 0 Å². The number of aromatic nitrogens is 1. The van der Waals surface area contributed by atoms with Crippen molar-refractivity contribution in [3.63, 3.8) is 0 Å². The number of nitrogens with zero attached hydrogens (tertiary/aromatic N) is 1. The van der Waals surface area contributed by atoms with E-state index in [4.69, 9.17) is 0 Å².